The molecule has 0 spiro atoms. The molecule has 0 saturated heterocycles. The summed E-state index contributed by atoms with van der Waals surface area (Å²) in [5, 5.41) is 3.59. The molecule has 1 aromatic heterocycles. The summed E-state index contributed by atoms with van der Waals surface area (Å²) < 4.78 is 5.74. The van der Waals surface area contributed by atoms with Crippen LogP contribution in [0.25, 0.3) is 0 Å². The van der Waals surface area contributed by atoms with Crippen LogP contribution in [0.5, 0.6) is 0 Å². The van der Waals surface area contributed by atoms with Crippen LogP contribution in [0, 0.1) is 5.92 Å². The zero-order chi connectivity index (χ0) is 14.7. The summed E-state index contributed by atoms with van der Waals surface area (Å²) in [6.07, 6.45) is 11.4. The Morgan fingerprint density at radius 3 is 2.62 bits per heavy atom. The van der Waals surface area contributed by atoms with E-state index in [0.717, 1.165) is 36.9 Å². The van der Waals surface area contributed by atoms with Crippen LogP contribution in [0.1, 0.15) is 63.2 Å². The lowest BCUT2D eigenvalue weighted by Crippen LogP contribution is -2.34. The van der Waals surface area contributed by atoms with Gasteiger partial charge in [-0.2, -0.15) is 0 Å². The first-order valence-corrected chi connectivity index (χ1v) is 8.75. The third kappa shape index (κ3) is 4.10. The highest BCUT2D eigenvalue weighted by Gasteiger charge is 2.25. The Bertz CT molecular complexity index is 430. The smallest absolute Gasteiger partial charge is 0.122 e. The quantitative estimate of drug-likeness (QED) is 0.824. The van der Waals surface area contributed by atoms with Crippen molar-refractivity contribution >= 4 is 0 Å². The van der Waals surface area contributed by atoms with Gasteiger partial charge in [0.25, 0.3) is 0 Å². The fraction of sp³-hybridized carbons (Fsp3) is 0.778. The molecule has 2 aliphatic rings. The highest BCUT2D eigenvalue weighted by Crippen LogP contribution is 2.30. The van der Waals surface area contributed by atoms with Crippen molar-refractivity contribution in [3.8, 4) is 0 Å². The van der Waals surface area contributed by atoms with Crippen molar-refractivity contribution < 1.29 is 4.42 Å². The molecule has 0 aliphatic heterocycles. The van der Waals surface area contributed by atoms with Gasteiger partial charge in [-0.3, -0.25) is 4.90 Å². The molecule has 0 radical (unpaired) electrons. The molecule has 2 saturated carbocycles. The van der Waals surface area contributed by atoms with Crippen molar-refractivity contribution in [1.82, 2.24) is 10.2 Å². The lowest BCUT2D eigenvalue weighted by atomic mass is 9.84. The van der Waals surface area contributed by atoms with E-state index >= 15 is 0 Å². The Balaban J connectivity index is 1.50. The summed E-state index contributed by atoms with van der Waals surface area (Å²) in [6, 6.07) is 3.63. The van der Waals surface area contributed by atoms with Crippen LogP contribution < -0.4 is 5.32 Å². The third-order valence-electron chi connectivity index (χ3n) is 5.41. The molecule has 0 unspecified atom stereocenters. The predicted molar refractivity (Wildman–Crippen MR) is 86.1 cm³/mol. The number of hydrogen-bond donors (Lipinski definition) is 1. The maximum absolute atomic E-state index is 5.74. The van der Waals surface area contributed by atoms with Crippen LogP contribution in [0.3, 0.4) is 0 Å². The minimum atomic E-state index is 0.738. The van der Waals surface area contributed by atoms with Crippen molar-refractivity contribution in [2.24, 2.45) is 5.92 Å². The normalized spacial score (nSPS) is 26.4. The van der Waals surface area contributed by atoms with E-state index in [9.17, 15) is 0 Å². The van der Waals surface area contributed by atoms with E-state index in [-0.39, 0.29) is 0 Å². The topological polar surface area (TPSA) is 28.4 Å². The molecular weight excluding hydrogens is 260 g/mol. The lowest BCUT2D eigenvalue weighted by molar-refractivity contribution is 0.148. The fourth-order valence-electron chi connectivity index (χ4n) is 3.55. The van der Waals surface area contributed by atoms with Gasteiger partial charge in [0.1, 0.15) is 5.76 Å². The first-order chi connectivity index (χ1) is 10.3. The summed E-state index contributed by atoms with van der Waals surface area (Å²) >= 11 is 0. The maximum atomic E-state index is 5.74. The van der Waals surface area contributed by atoms with Crippen molar-refractivity contribution in [2.75, 3.05) is 7.05 Å². The Labute approximate surface area is 129 Å². The van der Waals surface area contributed by atoms with Crippen molar-refractivity contribution in [3.05, 3.63) is 23.7 Å². The second-order valence-electron chi connectivity index (χ2n) is 7.02. The number of furan rings is 1. The van der Waals surface area contributed by atoms with Gasteiger partial charge >= 0.3 is 0 Å². The number of nitrogens with zero attached hydrogens (tertiary/aromatic N) is 1. The van der Waals surface area contributed by atoms with E-state index in [0.29, 0.717) is 0 Å². The van der Waals surface area contributed by atoms with Crippen molar-refractivity contribution in [1.29, 1.82) is 0 Å². The molecule has 21 heavy (non-hydrogen) atoms. The van der Waals surface area contributed by atoms with Crippen LogP contribution in [0.2, 0.25) is 0 Å². The molecule has 1 aromatic rings. The van der Waals surface area contributed by atoms with Gasteiger partial charge in [0, 0.05) is 24.2 Å². The average molecular weight is 290 g/mol. The summed E-state index contributed by atoms with van der Waals surface area (Å²) in [7, 11) is 2.26. The zero-order valence-corrected chi connectivity index (χ0v) is 13.6. The van der Waals surface area contributed by atoms with E-state index in [1.807, 2.05) is 6.26 Å². The molecule has 2 aliphatic carbocycles. The molecule has 118 valence electrons. The molecular formula is C18H30N2O. The van der Waals surface area contributed by atoms with E-state index in [1.165, 1.54) is 50.5 Å². The summed E-state index contributed by atoms with van der Waals surface area (Å²) in [4.78, 5) is 2.51. The summed E-state index contributed by atoms with van der Waals surface area (Å²) in [5.74, 6) is 2.12. The monoisotopic (exact) mass is 290 g/mol. The minimum absolute atomic E-state index is 0.738. The summed E-state index contributed by atoms with van der Waals surface area (Å²) in [6.45, 7) is 4.25. The first kappa shape index (κ1) is 15.1. The SMILES string of the molecule is CCC1CCC(N(C)Cc2occc2CNC2CC2)CC1. The third-order valence-corrected chi connectivity index (χ3v) is 5.41. The fourth-order valence-corrected chi connectivity index (χ4v) is 3.55. The van der Waals surface area contributed by atoms with E-state index in [4.69, 9.17) is 4.42 Å². The molecule has 0 aromatic carbocycles. The molecule has 1 N–H and O–H groups in total. The second kappa shape index (κ2) is 6.97. The Hall–Kier alpha value is -0.800. The molecule has 3 nitrogen and oxygen atoms in total. The average Bonchev–Trinajstić information content (AvgIpc) is 3.25. The molecule has 0 amide bonds. The minimum Gasteiger partial charge on any atom is -0.468 e. The van der Waals surface area contributed by atoms with Gasteiger partial charge in [0.05, 0.1) is 12.8 Å². The van der Waals surface area contributed by atoms with E-state index in [1.54, 1.807) is 0 Å². The number of nitrogens with one attached hydrogen (secondary N) is 1. The molecule has 3 heteroatoms. The van der Waals surface area contributed by atoms with Gasteiger partial charge in [-0.1, -0.05) is 13.3 Å². The van der Waals surface area contributed by atoms with Crippen molar-refractivity contribution in [3.63, 3.8) is 0 Å². The van der Waals surface area contributed by atoms with Gasteiger partial charge in [-0.15, -0.1) is 0 Å². The molecule has 1 heterocycles. The van der Waals surface area contributed by atoms with Crippen molar-refractivity contribution in [2.45, 2.75) is 77.0 Å². The van der Waals surface area contributed by atoms with Crippen LogP contribution in [0.4, 0.5) is 0 Å². The zero-order valence-electron chi connectivity index (χ0n) is 13.6. The molecule has 0 atom stereocenters. The van der Waals surface area contributed by atoms with Gasteiger partial charge < -0.3 is 9.73 Å². The maximum Gasteiger partial charge on any atom is 0.122 e. The van der Waals surface area contributed by atoms with Gasteiger partial charge in [-0.05, 0) is 57.6 Å². The van der Waals surface area contributed by atoms with Crippen LogP contribution in [-0.4, -0.2) is 24.0 Å². The van der Waals surface area contributed by atoms with Crippen LogP contribution >= 0.6 is 0 Å². The Morgan fingerprint density at radius 2 is 1.95 bits per heavy atom. The molecule has 2 fully saturated rings. The predicted octanol–water partition coefficient (Wildman–Crippen LogP) is 3.93. The number of rotatable bonds is 7. The molecule has 0 bridgehead atoms. The standard InChI is InChI=1S/C18H30N2O/c1-3-14-4-8-17(9-5-14)20(2)13-18-15(10-11-21-18)12-19-16-6-7-16/h10-11,14,16-17,19H,3-9,12-13H2,1-2H3. The van der Waals surface area contributed by atoms with Crippen LogP contribution in [0.15, 0.2) is 16.7 Å². The Morgan fingerprint density at radius 1 is 1.19 bits per heavy atom. The largest absolute Gasteiger partial charge is 0.468 e. The van der Waals surface area contributed by atoms with E-state index < -0.39 is 0 Å². The number of hydrogen-bond acceptors (Lipinski definition) is 3. The van der Waals surface area contributed by atoms with Crippen LogP contribution in [-0.2, 0) is 13.1 Å². The first-order valence-electron chi connectivity index (χ1n) is 8.75. The Kier molecular flexibility index (Phi) is 5.02. The highest BCUT2D eigenvalue weighted by atomic mass is 16.3. The molecule has 3 rings (SSSR count). The second-order valence-corrected chi connectivity index (χ2v) is 7.02. The lowest BCUT2D eigenvalue weighted by Gasteiger charge is -2.34. The van der Waals surface area contributed by atoms with Gasteiger partial charge in [-0.25, -0.2) is 0 Å². The highest BCUT2D eigenvalue weighted by molar-refractivity contribution is 5.17. The van der Waals surface area contributed by atoms with Gasteiger partial charge in [0.15, 0.2) is 0 Å². The van der Waals surface area contributed by atoms with Gasteiger partial charge in [0.2, 0.25) is 0 Å². The summed E-state index contributed by atoms with van der Waals surface area (Å²) in [5.41, 5.74) is 1.34. The van der Waals surface area contributed by atoms with E-state index in [2.05, 4.69) is 30.3 Å².